The first kappa shape index (κ1) is 15.9. The molecule has 1 fully saturated rings. The van der Waals surface area contributed by atoms with Gasteiger partial charge in [-0.25, -0.2) is 12.7 Å². The molecule has 2 rings (SSSR count). The second kappa shape index (κ2) is 6.50. The van der Waals surface area contributed by atoms with Crippen molar-refractivity contribution in [2.45, 2.75) is 25.4 Å². The summed E-state index contributed by atoms with van der Waals surface area (Å²) in [4.78, 5) is 16.2. The molecule has 0 saturated carbocycles. The molecule has 8 heteroatoms. The van der Waals surface area contributed by atoms with E-state index in [0.717, 1.165) is 0 Å². The molecule has 1 aromatic heterocycles. The molecule has 1 aromatic rings. The molecule has 0 unspecified atom stereocenters. The monoisotopic (exact) mass is 312 g/mol. The van der Waals surface area contributed by atoms with E-state index in [-0.39, 0.29) is 18.5 Å². The lowest BCUT2D eigenvalue weighted by Gasteiger charge is -2.30. The maximum Gasteiger partial charge on any atom is 0.251 e. The first-order valence-electron chi connectivity index (χ1n) is 6.81. The van der Waals surface area contributed by atoms with Crippen LogP contribution in [0.5, 0.6) is 0 Å². The zero-order chi connectivity index (χ0) is 15.5. The highest BCUT2D eigenvalue weighted by Gasteiger charge is 2.25. The zero-order valence-corrected chi connectivity index (χ0v) is 12.8. The second-order valence-electron chi connectivity index (χ2n) is 5.15. The minimum absolute atomic E-state index is 0.00927. The van der Waals surface area contributed by atoms with Gasteiger partial charge in [0.05, 0.1) is 11.9 Å². The van der Waals surface area contributed by atoms with E-state index in [1.807, 2.05) is 0 Å². The lowest BCUT2D eigenvalue weighted by molar-refractivity contribution is 0.0923. The van der Waals surface area contributed by atoms with E-state index < -0.39 is 10.0 Å². The Balaban J connectivity index is 1.92. The lowest BCUT2D eigenvalue weighted by Crippen LogP contribution is -2.46. The molecule has 21 heavy (non-hydrogen) atoms. The summed E-state index contributed by atoms with van der Waals surface area (Å²) in [7, 11) is -3.14. The fraction of sp³-hybridized carbons (Fsp3) is 0.538. The Kier molecular flexibility index (Phi) is 4.92. The Labute approximate surface area is 124 Å². The van der Waals surface area contributed by atoms with Crippen molar-refractivity contribution in [3.63, 3.8) is 0 Å². The number of pyridine rings is 1. The number of nitrogens with zero attached hydrogens (tertiary/aromatic N) is 2. The van der Waals surface area contributed by atoms with Crippen LogP contribution in [0.2, 0.25) is 0 Å². The van der Waals surface area contributed by atoms with E-state index in [9.17, 15) is 13.2 Å². The average Bonchev–Trinajstić information content (AvgIpc) is 2.47. The number of carbonyl (C=O) groups excluding carboxylic acids is 1. The molecule has 1 aliphatic rings. The van der Waals surface area contributed by atoms with Crippen molar-refractivity contribution in [3.8, 4) is 0 Å². The highest BCUT2D eigenvalue weighted by molar-refractivity contribution is 7.88. The third-order valence-corrected chi connectivity index (χ3v) is 4.85. The number of sulfonamides is 1. The number of piperidine rings is 1. The molecule has 116 valence electrons. The molecule has 1 saturated heterocycles. The van der Waals surface area contributed by atoms with Crippen molar-refractivity contribution < 1.29 is 13.2 Å². The third-order valence-electron chi connectivity index (χ3n) is 3.55. The van der Waals surface area contributed by atoms with Gasteiger partial charge in [0.15, 0.2) is 0 Å². The first-order valence-corrected chi connectivity index (χ1v) is 8.66. The molecule has 0 radical (unpaired) electrons. The van der Waals surface area contributed by atoms with Gasteiger partial charge in [0, 0.05) is 37.4 Å². The van der Waals surface area contributed by atoms with Gasteiger partial charge in [-0.05, 0) is 25.0 Å². The third kappa shape index (κ3) is 4.23. The van der Waals surface area contributed by atoms with Crippen LogP contribution in [-0.2, 0) is 16.6 Å². The molecule has 7 nitrogen and oxygen atoms in total. The van der Waals surface area contributed by atoms with Crippen LogP contribution in [0.15, 0.2) is 18.3 Å². The van der Waals surface area contributed by atoms with Gasteiger partial charge < -0.3 is 11.1 Å². The number of amides is 1. The minimum atomic E-state index is -3.14. The minimum Gasteiger partial charge on any atom is -0.349 e. The van der Waals surface area contributed by atoms with E-state index in [4.69, 9.17) is 5.73 Å². The fourth-order valence-corrected chi connectivity index (χ4v) is 3.21. The maximum absolute atomic E-state index is 12.1. The highest BCUT2D eigenvalue weighted by Crippen LogP contribution is 2.14. The fourth-order valence-electron chi connectivity index (χ4n) is 2.33. The van der Waals surface area contributed by atoms with Crippen LogP contribution in [0.25, 0.3) is 0 Å². The number of nitrogens with one attached hydrogen (secondary N) is 1. The van der Waals surface area contributed by atoms with Crippen LogP contribution >= 0.6 is 0 Å². The van der Waals surface area contributed by atoms with Gasteiger partial charge >= 0.3 is 0 Å². The summed E-state index contributed by atoms with van der Waals surface area (Å²) < 4.78 is 24.3. The first-order chi connectivity index (χ1) is 9.90. The van der Waals surface area contributed by atoms with Crippen LogP contribution < -0.4 is 11.1 Å². The topological polar surface area (TPSA) is 105 Å². The summed E-state index contributed by atoms with van der Waals surface area (Å²) in [6.07, 6.45) is 4.00. The molecule has 0 bridgehead atoms. The second-order valence-corrected chi connectivity index (χ2v) is 7.13. The Bertz CT molecular complexity index is 610. The summed E-state index contributed by atoms with van der Waals surface area (Å²) in [6.45, 7) is 1.16. The van der Waals surface area contributed by atoms with E-state index in [0.29, 0.717) is 37.2 Å². The number of nitrogens with two attached hydrogens (primary N) is 1. The van der Waals surface area contributed by atoms with Gasteiger partial charge in [0.1, 0.15) is 0 Å². The number of hydrogen-bond donors (Lipinski definition) is 2. The number of rotatable bonds is 4. The smallest absolute Gasteiger partial charge is 0.251 e. The summed E-state index contributed by atoms with van der Waals surface area (Å²) in [6, 6.07) is 3.30. The Morgan fingerprint density at radius 3 is 2.71 bits per heavy atom. The van der Waals surface area contributed by atoms with E-state index in [1.54, 1.807) is 18.3 Å². The van der Waals surface area contributed by atoms with Crippen molar-refractivity contribution in [3.05, 3.63) is 29.6 Å². The zero-order valence-electron chi connectivity index (χ0n) is 11.9. The average molecular weight is 312 g/mol. The largest absolute Gasteiger partial charge is 0.349 e. The Hall–Kier alpha value is -1.51. The van der Waals surface area contributed by atoms with Gasteiger partial charge in [0.2, 0.25) is 10.0 Å². The van der Waals surface area contributed by atoms with Gasteiger partial charge in [-0.3, -0.25) is 9.78 Å². The van der Waals surface area contributed by atoms with E-state index in [2.05, 4.69) is 10.3 Å². The maximum atomic E-state index is 12.1. The molecule has 1 amide bonds. The molecular weight excluding hydrogens is 292 g/mol. The molecule has 1 aliphatic heterocycles. The SMILES string of the molecule is CS(=O)(=O)N1CCC(NC(=O)c2ccnc(CN)c2)CC1. The van der Waals surface area contributed by atoms with Crippen molar-refractivity contribution >= 4 is 15.9 Å². The van der Waals surface area contributed by atoms with Gasteiger partial charge in [0.25, 0.3) is 5.91 Å². The molecular formula is C13H20N4O3S. The normalized spacial score (nSPS) is 17.6. The summed E-state index contributed by atoms with van der Waals surface area (Å²) in [5.41, 5.74) is 6.69. The van der Waals surface area contributed by atoms with Crippen LogP contribution in [0, 0.1) is 0 Å². The van der Waals surface area contributed by atoms with Crippen molar-refractivity contribution in [1.29, 1.82) is 0 Å². The Morgan fingerprint density at radius 2 is 2.14 bits per heavy atom. The molecule has 2 heterocycles. The van der Waals surface area contributed by atoms with Gasteiger partial charge in [-0.2, -0.15) is 0 Å². The molecule has 0 atom stereocenters. The van der Waals surface area contributed by atoms with Crippen molar-refractivity contribution in [1.82, 2.24) is 14.6 Å². The number of hydrogen-bond acceptors (Lipinski definition) is 5. The quantitative estimate of drug-likeness (QED) is 0.793. The van der Waals surface area contributed by atoms with Crippen molar-refractivity contribution in [2.24, 2.45) is 5.73 Å². The van der Waals surface area contributed by atoms with Gasteiger partial charge in [-0.15, -0.1) is 0 Å². The predicted molar refractivity (Wildman–Crippen MR) is 79.0 cm³/mol. The number of carbonyl (C=O) groups is 1. The van der Waals surface area contributed by atoms with Crippen LogP contribution in [0.3, 0.4) is 0 Å². The predicted octanol–water partition coefficient (Wildman–Crippen LogP) is -0.306. The van der Waals surface area contributed by atoms with E-state index in [1.165, 1.54) is 10.6 Å². The summed E-state index contributed by atoms with van der Waals surface area (Å²) in [5.74, 6) is -0.176. The summed E-state index contributed by atoms with van der Waals surface area (Å²) >= 11 is 0. The summed E-state index contributed by atoms with van der Waals surface area (Å²) in [5, 5.41) is 2.93. The van der Waals surface area contributed by atoms with Crippen LogP contribution in [0.4, 0.5) is 0 Å². The molecule has 3 N–H and O–H groups in total. The molecule has 0 aliphatic carbocycles. The van der Waals surface area contributed by atoms with Crippen LogP contribution in [-0.4, -0.2) is 49.0 Å². The van der Waals surface area contributed by atoms with Crippen molar-refractivity contribution in [2.75, 3.05) is 19.3 Å². The van der Waals surface area contributed by atoms with Gasteiger partial charge in [-0.1, -0.05) is 0 Å². The highest BCUT2D eigenvalue weighted by atomic mass is 32.2. The Morgan fingerprint density at radius 1 is 1.48 bits per heavy atom. The van der Waals surface area contributed by atoms with E-state index >= 15 is 0 Å². The standard InChI is InChI=1S/C13H20N4O3S/c1-21(19,20)17-6-3-11(4-7-17)16-13(18)10-2-5-15-12(8-10)9-14/h2,5,8,11H,3-4,6-7,9,14H2,1H3,(H,16,18). The molecule has 0 spiro atoms. The number of aromatic nitrogens is 1. The lowest BCUT2D eigenvalue weighted by atomic mass is 10.1. The molecule has 0 aromatic carbocycles. The van der Waals surface area contributed by atoms with Crippen LogP contribution in [0.1, 0.15) is 28.9 Å².